The van der Waals surface area contributed by atoms with E-state index in [0.717, 1.165) is 6.07 Å². The number of methoxy groups -OCH3 is 1. The van der Waals surface area contributed by atoms with Crippen LogP contribution in [0.4, 0.5) is 10.1 Å². The molecule has 0 radical (unpaired) electrons. The Morgan fingerprint density at radius 2 is 2.00 bits per heavy atom. The van der Waals surface area contributed by atoms with Gasteiger partial charge in [-0.05, 0) is 31.0 Å². The summed E-state index contributed by atoms with van der Waals surface area (Å²) in [4.78, 5) is 23.6. The summed E-state index contributed by atoms with van der Waals surface area (Å²) in [5.74, 6) is -1.75. The minimum absolute atomic E-state index is 0. The molecular formula is C14H18ClFN2O4. The quantitative estimate of drug-likeness (QED) is 0.818. The molecule has 2 rings (SSSR count). The Labute approximate surface area is 133 Å². The molecule has 3 N–H and O–H groups in total. The van der Waals surface area contributed by atoms with Crippen LogP contribution in [-0.4, -0.2) is 37.7 Å². The number of esters is 1. The largest absolute Gasteiger partial charge is 0.465 e. The maximum Gasteiger partial charge on any atom is 0.337 e. The van der Waals surface area contributed by atoms with Gasteiger partial charge in [0.15, 0.2) is 0 Å². The molecule has 1 aliphatic heterocycles. The van der Waals surface area contributed by atoms with Crippen molar-refractivity contribution in [2.75, 3.05) is 25.6 Å². The number of benzene rings is 1. The maximum atomic E-state index is 13.8. The number of rotatable bonds is 3. The van der Waals surface area contributed by atoms with Crippen molar-refractivity contribution in [1.29, 1.82) is 0 Å². The summed E-state index contributed by atoms with van der Waals surface area (Å²) in [5, 5.41) is 2.44. The van der Waals surface area contributed by atoms with E-state index in [2.05, 4.69) is 10.1 Å². The Bertz CT molecular complexity index is 562. The second kappa shape index (κ2) is 7.53. The Morgan fingerprint density at radius 3 is 2.59 bits per heavy atom. The average Bonchev–Trinajstić information content (AvgIpc) is 2.49. The zero-order valence-corrected chi connectivity index (χ0v) is 12.9. The maximum absolute atomic E-state index is 13.8. The van der Waals surface area contributed by atoms with Gasteiger partial charge < -0.3 is 20.5 Å². The normalized spacial score (nSPS) is 16.3. The second-order valence-electron chi connectivity index (χ2n) is 4.91. The SMILES string of the molecule is COC(=O)c1ccc(F)c(NC(=O)C2(N)CCOCC2)c1.Cl. The molecule has 1 saturated heterocycles. The van der Waals surface area contributed by atoms with Crippen molar-refractivity contribution in [3.05, 3.63) is 29.6 Å². The molecule has 122 valence electrons. The fraction of sp³-hybridized carbons (Fsp3) is 0.429. The van der Waals surface area contributed by atoms with Crippen molar-refractivity contribution in [1.82, 2.24) is 0 Å². The van der Waals surface area contributed by atoms with Gasteiger partial charge in [0.2, 0.25) is 5.91 Å². The summed E-state index contributed by atoms with van der Waals surface area (Å²) < 4.78 is 23.5. The number of anilines is 1. The summed E-state index contributed by atoms with van der Waals surface area (Å²) in [5.41, 5.74) is 4.97. The van der Waals surface area contributed by atoms with Gasteiger partial charge in [0.05, 0.1) is 18.4 Å². The van der Waals surface area contributed by atoms with Gasteiger partial charge in [-0.1, -0.05) is 0 Å². The lowest BCUT2D eigenvalue weighted by Gasteiger charge is -2.31. The highest BCUT2D eigenvalue weighted by Gasteiger charge is 2.36. The lowest BCUT2D eigenvalue weighted by atomic mass is 9.90. The predicted octanol–water partition coefficient (Wildman–Crippen LogP) is 1.48. The van der Waals surface area contributed by atoms with Crippen LogP contribution in [0.25, 0.3) is 0 Å². The number of halogens is 2. The highest BCUT2D eigenvalue weighted by Crippen LogP contribution is 2.22. The monoisotopic (exact) mass is 332 g/mol. The number of nitrogens with one attached hydrogen (secondary N) is 1. The number of nitrogens with two attached hydrogens (primary N) is 1. The highest BCUT2D eigenvalue weighted by atomic mass is 35.5. The number of carbonyl (C=O) groups is 2. The Kier molecular flexibility index (Phi) is 6.28. The molecule has 0 aliphatic carbocycles. The predicted molar refractivity (Wildman–Crippen MR) is 80.6 cm³/mol. The van der Waals surface area contributed by atoms with Crippen LogP contribution >= 0.6 is 12.4 Å². The molecule has 1 amide bonds. The van der Waals surface area contributed by atoms with Crippen LogP contribution in [0.2, 0.25) is 0 Å². The van der Waals surface area contributed by atoms with Crippen molar-refractivity contribution in [2.24, 2.45) is 5.73 Å². The van der Waals surface area contributed by atoms with E-state index >= 15 is 0 Å². The molecule has 0 unspecified atom stereocenters. The van der Waals surface area contributed by atoms with Crippen molar-refractivity contribution in [3.63, 3.8) is 0 Å². The van der Waals surface area contributed by atoms with E-state index in [1.165, 1.54) is 19.2 Å². The second-order valence-corrected chi connectivity index (χ2v) is 4.91. The summed E-state index contributed by atoms with van der Waals surface area (Å²) in [6.45, 7) is 0.767. The first-order chi connectivity index (χ1) is 9.96. The summed E-state index contributed by atoms with van der Waals surface area (Å²) in [6, 6.07) is 3.60. The molecule has 8 heteroatoms. The molecule has 1 aliphatic rings. The first kappa shape index (κ1) is 18.3. The number of carbonyl (C=O) groups excluding carboxylic acids is 2. The minimum Gasteiger partial charge on any atom is -0.465 e. The van der Waals surface area contributed by atoms with E-state index in [0.29, 0.717) is 26.1 Å². The molecule has 22 heavy (non-hydrogen) atoms. The van der Waals surface area contributed by atoms with Gasteiger partial charge in [-0.15, -0.1) is 12.4 Å². The number of amides is 1. The van der Waals surface area contributed by atoms with Gasteiger partial charge in [-0.3, -0.25) is 4.79 Å². The first-order valence-corrected chi connectivity index (χ1v) is 6.52. The zero-order valence-electron chi connectivity index (χ0n) is 12.1. The third kappa shape index (κ3) is 3.94. The van der Waals surface area contributed by atoms with Crippen molar-refractivity contribution >= 4 is 30.0 Å². The molecular weight excluding hydrogens is 315 g/mol. The Morgan fingerprint density at radius 1 is 1.36 bits per heavy atom. The standard InChI is InChI=1S/C14H17FN2O4.ClH/c1-20-12(18)9-2-3-10(15)11(8-9)17-13(19)14(16)4-6-21-7-5-14;/h2-3,8H,4-7,16H2,1H3,(H,17,19);1H. The summed E-state index contributed by atoms with van der Waals surface area (Å²) in [6.07, 6.45) is 0.717. The van der Waals surface area contributed by atoms with Crippen LogP contribution in [0.1, 0.15) is 23.2 Å². The van der Waals surface area contributed by atoms with E-state index in [-0.39, 0.29) is 23.7 Å². The molecule has 0 aromatic heterocycles. The Hall–Kier alpha value is -1.70. The van der Waals surface area contributed by atoms with Crippen LogP contribution < -0.4 is 11.1 Å². The molecule has 1 aromatic rings. The zero-order chi connectivity index (χ0) is 15.5. The molecule has 0 atom stereocenters. The topological polar surface area (TPSA) is 90.7 Å². The fourth-order valence-corrected chi connectivity index (χ4v) is 2.08. The molecule has 1 heterocycles. The van der Waals surface area contributed by atoms with Crippen molar-refractivity contribution in [3.8, 4) is 0 Å². The third-order valence-corrected chi connectivity index (χ3v) is 3.47. The van der Waals surface area contributed by atoms with Crippen molar-refractivity contribution in [2.45, 2.75) is 18.4 Å². The molecule has 0 spiro atoms. The van der Waals surface area contributed by atoms with Gasteiger partial charge in [0, 0.05) is 13.2 Å². The molecule has 1 aromatic carbocycles. The van der Waals surface area contributed by atoms with Crippen LogP contribution in [0, 0.1) is 5.82 Å². The summed E-state index contributed by atoms with van der Waals surface area (Å²) in [7, 11) is 1.22. The van der Waals surface area contributed by atoms with Crippen LogP contribution in [-0.2, 0) is 14.3 Å². The molecule has 6 nitrogen and oxygen atoms in total. The van der Waals surface area contributed by atoms with Gasteiger partial charge in [0.25, 0.3) is 0 Å². The van der Waals surface area contributed by atoms with Gasteiger partial charge in [0.1, 0.15) is 11.4 Å². The lowest BCUT2D eigenvalue weighted by Crippen LogP contribution is -2.54. The smallest absolute Gasteiger partial charge is 0.337 e. The average molecular weight is 333 g/mol. The minimum atomic E-state index is -1.09. The van der Waals surface area contributed by atoms with Gasteiger partial charge >= 0.3 is 5.97 Å². The lowest BCUT2D eigenvalue weighted by molar-refractivity contribution is -0.124. The van der Waals surface area contributed by atoms with Crippen LogP contribution in [0.5, 0.6) is 0 Å². The van der Waals surface area contributed by atoms with Gasteiger partial charge in [-0.2, -0.15) is 0 Å². The number of ether oxygens (including phenoxy) is 2. The highest BCUT2D eigenvalue weighted by molar-refractivity contribution is 5.99. The molecule has 0 bridgehead atoms. The van der Waals surface area contributed by atoms with Crippen LogP contribution in [0.15, 0.2) is 18.2 Å². The Balaban J connectivity index is 0.00000242. The molecule has 1 fully saturated rings. The van der Waals surface area contributed by atoms with E-state index in [4.69, 9.17) is 10.5 Å². The van der Waals surface area contributed by atoms with Gasteiger partial charge in [-0.25, -0.2) is 9.18 Å². The van der Waals surface area contributed by atoms with E-state index in [9.17, 15) is 14.0 Å². The number of hydrogen-bond acceptors (Lipinski definition) is 5. The van der Waals surface area contributed by atoms with E-state index in [1.807, 2.05) is 0 Å². The first-order valence-electron chi connectivity index (χ1n) is 6.52. The number of hydrogen-bond donors (Lipinski definition) is 2. The van der Waals surface area contributed by atoms with Crippen LogP contribution in [0.3, 0.4) is 0 Å². The van der Waals surface area contributed by atoms with Crippen molar-refractivity contribution < 1.29 is 23.5 Å². The summed E-state index contributed by atoms with van der Waals surface area (Å²) >= 11 is 0. The molecule has 0 saturated carbocycles. The third-order valence-electron chi connectivity index (χ3n) is 3.47. The fourth-order valence-electron chi connectivity index (χ4n) is 2.08. The van der Waals surface area contributed by atoms with E-state index in [1.54, 1.807) is 0 Å². The van der Waals surface area contributed by atoms with E-state index < -0.39 is 23.2 Å².